The molecule has 1 aromatic carbocycles. The lowest BCUT2D eigenvalue weighted by molar-refractivity contribution is -0.134. The van der Waals surface area contributed by atoms with E-state index >= 15 is 0 Å². The summed E-state index contributed by atoms with van der Waals surface area (Å²) in [5, 5.41) is 15.6. The van der Waals surface area contributed by atoms with Crippen molar-refractivity contribution in [3.05, 3.63) is 41.5 Å². The zero-order valence-electron chi connectivity index (χ0n) is 27.8. The Kier molecular flexibility index (Phi) is 16.1. The van der Waals surface area contributed by atoms with Gasteiger partial charge in [0.15, 0.2) is 9.84 Å². The number of carbonyl (C=O) groups excluding carboxylic acids is 1. The molecular weight excluding hydrogens is 628 g/mol. The summed E-state index contributed by atoms with van der Waals surface area (Å²) in [6.45, 7) is 14.2. The molecule has 2 fully saturated rings. The zero-order chi connectivity index (χ0) is 34.2. The number of benzene rings is 1. The molecule has 0 spiro atoms. The predicted molar refractivity (Wildman–Crippen MR) is 177 cm³/mol. The third-order valence-corrected chi connectivity index (χ3v) is 10.3. The molecule has 0 unspecified atom stereocenters. The molecule has 264 valence electrons. The Hall–Kier alpha value is -3.04. The topological polar surface area (TPSA) is 157 Å². The second kappa shape index (κ2) is 19.7. The fourth-order valence-electron chi connectivity index (χ4n) is 6.03. The van der Waals surface area contributed by atoms with Crippen LogP contribution in [0.3, 0.4) is 0 Å². The van der Waals surface area contributed by atoms with Crippen molar-refractivity contribution in [3.8, 4) is 0 Å². The van der Waals surface area contributed by atoms with E-state index in [2.05, 4.69) is 9.80 Å². The lowest BCUT2D eigenvalue weighted by atomic mass is 10.1. The number of fused-ring (bicyclic) bond motifs is 1. The van der Waals surface area contributed by atoms with E-state index in [1.807, 2.05) is 30.9 Å². The van der Waals surface area contributed by atoms with Crippen LogP contribution in [-0.2, 0) is 41.7 Å². The van der Waals surface area contributed by atoms with Gasteiger partial charge in [0.1, 0.15) is 0 Å². The molecule has 0 atom stereocenters. The van der Waals surface area contributed by atoms with Crippen molar-refractivity contribution in [1.29, 1.82) is 0 Å². The van der Waals surface area contributed by atoms with Crippen LogP contribution in [0.15, 0.2) is 35.2 Å². The average Bonchev–Trinajstić information content (AvgIpc) is 3.53. The van der Waals surface area contributed by atoms with Gasteiger partial charge in [0.25, 0.3) is 0 Å². The maximum atomic E-state index is 13.9. The van der Waals surface area contributed by atoms with E-state index in [-0.39, 0.29) is 24.4 Å². The van der Waals surface area contributed by atoms with Gasteiger partial charge in [0.2, 0.25) is 0 Å². The van der Waals surface area contributed by atoms with E-state index in [1.165, 1.54) is 0 Å². The van der Waals surface area contributed by atoms with Crippen LogP contribution in [0.2, 0.25) is 0 Å². The number of hydrogen-bond donors (Lipinski definition) is 2. The molecule has 4 rings (SSSR count). The highest BCUT2D eigenvalue weighted by molar-refractivity contribution is 7.91. The molecule has 3 aliphatic rings. The van der Waals surface area contributed by atoms with Crippen molar-refractivity contribution >= 4 is 27.8 Å². The normalized spacial score (nSPS) is 17.3. The smallest absolute Gasteiger partial charge is 0.328 e. The first-order valence-electron chi connectivity index (χ1n) is 16.6. The minimum Gasteiger partial charge on any atom is -0.478 e. The summed E-state index contributed by atoms with van der Waals surface area (Å²) in [6, 6.07) is 5.49. The standard InChI is InChI=1S/C29H48N4O5S.C4H4O4/c1-25(2)33(19-24-39(35,36)28-10-4-8-26-7-3-9-27(26)28)29(34)32(13-5-11-30-15-20-37-21-16-30)14-6-12-31-17-22-38-23-18-31;5-3(6)1-2-4(7)8/h4,8,10,25H,3,5-7,9,11-24H2,1-2H3;1-2H,(H,5,6)(H,7,8). The van der Waals surface area contributed by atoms with Gasteiger partial charge in [-0.25, -0.2) is 22.8 Å². The molecule has 47 heavy (non-hydrogen) atoms. The van der Waals surface area contributed by atoms with Gasteiger partial charge in [0, 0.05) is 77.1 Å². The fraction of sp³-hybridized carbons (Fsp3) is 0.667. The Morgan fingerprint density at radius 1 is 0.851 bits per heavy atom. The number of aliphatic carboxylic acids is 2. The van der Waals surface area contributed by atoms with Crippen LogP contribution in [0.5, 0.6) is 0 Å². The maximum Gasteiger partial charge on any atom is 0.328 e. The summed E-state index contributed by atoms with van der Waals surface area (Å²) in [5.41, 5.74) is 2.13. The summed E-state index contributed by atoms with van der Waals surface area (Å²) in [7, 11) is -3.49. The lowest BCUT2D eigenvalue weighted by Gasteiger charge is -2.35. The number of carboxylic acid groups (broad SMARTS) is 2. The SMILES string of the molecule is CC(C)N(CCS(=O)(=O)c1cccc2c1CCC2)C(=O)N(CCCN1CCOCC1)CCCN1CCOCC1.O=C(O)C=CC(=O)O. The number of rotatable bonds is 15. The number of carboxylic acids is 2. The summed E-state index contributed by atoms with van der Waals surface area (Å²) in [4.78, 5) is 41.9. The van der Waals surface area contributed by atoms with Crippen molar-refractivity contribution in [1.82, 2.24) is 19.6 Å². The molecule has 1 aromatic rings. The summed E-state index contributed by atoms with van der Waals surface area (Å²) >= 11 is 0. The fourth-order valence-corrected chi connectivity index (χ4v) is 7.58. The highest BCUT2D eigenvalue weighted by atomic mass is 32.2. The second-order valence-corrected chi connectivity index (χ2v) is 14.3. The van der Waals surface area contributed by atoms with Crippen molar-refractivity contribution < 1.29 is 42.5 Å². The summed E-state index contributed by atoms with van der Waals surface area (Å²) in [5.74, 6) is -2.57. The van der Waals surface area contributed by atoms with Crippen molar-refractivity contribution in [3.63, 3.8) is 0 Å². The first-order chi connectivity index (χ1) is 22.5. The van der Waals surface area contributed by atoms with Crippen LogP contribution in [0.4, 0.5) is 4.79 Å². The van der Waals surface area contributed by atoms with Crippen LogP contribution in [-0.4, -0.2) is 153 Å². The number of hydrogen-bond acceptors (Lipinski definition) is 9. The second-order valence-electron chi connectivity index (χ2n) is 12.2. The lowest BCUT2D eigenvalue weighted by Crippen LogP contribution is -2.49. The van der Waals surface area contributed by atoms with Crippen molar-refractivity contribution in [2.75, 3.05) is 91.1 Å². The molecule has 0 bridgehead atoms. The minimum absolute atomic E-state index is 0.0528. The van der Waals surface area contributed by atoms with Crippen LogP contribution < -0.4 is 0 Å². The Labute approximate surface area is 279 Å². The van der Waals surface area contributed by atoms with E-state index in [0.29, 0.717) is 30.1 Å². The third-order valence-electron chi connectivity index (χ3n) is 8.56. The highest BCUT2D eigenvalue weighted by Gasteiger charge is 2.28. The molecule has 2 aliphatic heterocycles. The maximum absolute atomic E-state index is 13.9. The number of morpholine rings is 2. The van der Waals surface area contributed by atoms with Gasteiger partial charge in [0.05, 0.1) is 37.1 Å². The molecule has 2 heterocycles. The van der Waals surface area contributed by atoms with Gasteiger partial charge >= 0.3 is 18.0 Å². The molecule has 0 saturated carbocycles. The molecule has 2 saturated heterocycles. The number of ether oxygens (including phenoxy) is 2. The van der Waals surface area contributed by atoms with E-state index in [4.69, 9.17) is 19.7 Å². The highest BCUT2D eigenvalue weighted by Crippen LogP contribution is 2.29. The number of carbonyl (C=O) groups is 3. The minimum atomic E-state index is -3.49. The molecule has 0 radical (unpaired) electrons. The Bertz CT molecular complexity index is 1250. The first-order valence-corrected chi connectivity index (χ1v) is 18.3. The van der Waals surface area contributed by atoms with Crippen molar-refractivity contribution in [2.24, 2.45) is 0 Å². The molecule has 13 nitrogen and oxygen atoms in total. The molecule has 0 aromatic heterocycles. The van der Waals surface area contributed by atoms with Gasteiger partial charge < -0.3 is 29.5 Å². The predicted octanol–water partition coefficient (Wildman–Crippen LogP) is 2.24. The molecule has 14 heteroatoms. The van der Waals surface area contributed by atoms with Gasteiger partial charge in [-0.15, -0.1) is 0 Å². The van der Waals surface area contributed by atoms with Crippen LogP contribution >= 0.6 is 0 Å². The first kappa shape index (κ1) is 38.4. The Morgan fingerprint density at radius 3 is 1.87 bits per heavy atom. The Morgan fingerprint density at radius 2 is 1.38 bits per heavy atom. The number of sulfone groups is 1. The number of amides is 2. The number of aryl methyl sites for hydroxylation is 1. The number of urea groups is 1. The van der Waals surface area contributed by atoms with E-state index in [1.54, 1.807) is 11.0 Å². The van der Waals surface area contributed by atoms with Gasteiger partial charge in [-0.05, 0) is 63.1 Å². The largest absolute Gasteiger partial charge is 0.478 e. The van der Waals surface area contributed by atoms with Crippen molar-refractivity contribution in [2.45, 2.75) is 56.9 Å². The van der Waals surface area contributed by atoms with E-state index in [9.17, 15) is 22.8 Å². The Balaban J connectivity index is 0.000000665. The van der Waals surface area contributed by atoms with Gasteiger partial charge in [-0.2, -0.15) is 0 Å². The van der Waals surface area contributed by atoms with Crippen LogP contribution in [0, 0.1) is 0 Å². The van der Waals surface area contributed by atoms with Gasteiger partial charge in [-0.1, -0.05) is 12.1 Å². The molecule has 2 amide bonds. The zero-order valence-corrected chi connectivity index (χ0v) is 28.7. The van der Waals surface area contributed by atoms with E-state index < -0.39 is 21.8 Å². The monoisotopic (exact) mass is 680 g/mol. The summed E-state index contributed by atoms with van der Waals surface area (Å²) in [6.07, 6.45) is 5.66. The van der Waals surface area contributed by atoms with Crippen LogP contribution in [0.1, 0.15) is 44.2 Å². The van der Waals surface area contributed by atoms with Crippen LogP contribution in [0.25, 0.3) is 0 Å². The summed E-state index contributed by atoms with van der Waals surface area (Å²) < 4.78 is 37.8. The van der Waals surface area contributed by atoms with E-state index in [0.717, 1.165) is 109 Å². The number of nitrogens with zero attached hydrogens (tertiary/aromatic N) is 4. The molecule has 1 aliphatic carbocycles. The molecule has 2 N–H and O–H groups in total. The third kappa shape index (κ3) is 13.2. The molecular formula is C33H52N4O9S. The van der Waals surface area contributed by atoms with Gasteiger partial charge in [-0.3, -0.25) is 9.80 Å². The average molecular weight is 681 g/mol. The quantitative estimate of drug-likeness (QED) is 0.262.